The minimum atomic E-state index is -3.54. The highest BCUT2D eigenvalue weighted by Gasteiger charge is 2.31. The van der Waals surface area contributed by atoms with E-state index < -0.39 is 15.7 Å². The predicted octanol–water partition coefficient (Wildman–Crippen LogP) is 0.0613. The fraction of sp³-hybridized carbons (Fsp3) is 0.417. The van der Waals surface area contributed by atoms with Crippen molar-refractivity contribution < 1.29 is 8.42 Å². The van der Waals surface area contributed by atoms with Crippen molar-refractivity contribution in [2.75, 3.05) is 13.1 Å². The maximum atomic E-state index is 12.5. The number of aromatic amines is 2. The normalized spacial score (nSPS) is 20.5. The van der Waals surface area contributed by atoms with Crippen molar-refractivity contribution in [1.82, 2.24) is 24.5 Å². The van der Waals surface area contributed by atoms with Crippen molar-refractivity contribution in [2.45, 2.75) is 23.7 Å². The zero-order chi connectivity index (χ0) is 14.9. The van der Waals surface area contributed by atoms with Gasteiger partial charge in [-0.2, -0.15) is 9.40 Å². The van der Waals surface area contributed by atoms with Crippen molar-refractivity contribution in [1.29, 1.82) is 0 Å². The molecule has 8 nitrogen and oxygen atoms in total. The highest BCUT2D eigenvalue weighted by atomic mass is 32.2. The molecule has 21 heavy (non-hydrogen) atoms. The number of aromatic nitrogens is 4. The Morgan fingerprint density at radius 2 is 2.24 bits per heavy atom. The van der Waals surface area contributed by atoms with Gasteiger partial charge in [-0.1, -0.05) is 0 Å². The summed E-state index contributed by atoms with van der Waals surface area (Å²) >= 11 is 0. The van der Waals surface area contributed by atoms with Crippen molar-refractivity contribution in [3.8, 4) is 0 Å². The lowest BCUT2D eigenvalue weighted by Crippen LogP contribution is -2.39. The molecule has 9 heteroatoms. The van der Waals surface area contributed by atoms with Crippen molar-refractivity contribution in [2.24, 2.45) is 0 Å². The van der Waals surface area contributed by atoms with Crippen LogP contribution in [0.15, 0.2) is 34.3 Å². The molecular formula is C12H15N5O3S. The minimum Gasteiger partial charge on any atom is -0.309 e. The SMILES string of the molecule is O=c1nccc([C@@H]2CCCN(S(=O)(=O)c3cn[nH]c3)C2)[nH]1. The first-order valence-corrected chi connectivity index (χ1v) is 8.05. The second-order valence-corrected chi connectivity index (χ2v) is 6.90. The highest BCUT2D eigenvalue weighted by Crippen LogP contribution is 2.28. The summed E-state index contributed by atoms with van der Waals surface area (Å²) in [6.45, 7) is 0.812. The topological polar surface area (TPSA) is 112 Å². The van der Waals surface area contributed by atoms with E-state index in [0.29, 0.717) is 13.1 Å². The molecule has 0 bridgehead atoms. The van der Waals surface area contributed by atoms with Crippen LogP contribution in [0.2, 0.25) is 0 Å². The van der Waals surface area contributed by atoms with Gasteiger partial charge in [0.25, 0.3) is 0 Å². The summed E-state index contributed by atoms with van der Waals surface area (Å²) in [6.07, 6.45) is 5.68. The molecule has 0 amide bonds. The monoisotopic (exact) mass is 309 g/mol. The molecule has 112 valence electrons. The number of H-pyrrole nitrogens is 2. The molecule has 1 aliphatic heterocycles. The molecule has 3 rings (SSSR count). The van der Waals surface area contributed by atoms with E-state index in [9.17, 15) is 13.2 Å². The molecule has 0 radical (unpaired) electrons. The number of hydrogen-bond acceptors (Lipinski definition) is 5. The van der Waals surface area contributed by atoms with E-state index in [-0.39, 0.29) is 10.8 Å². The summed E-state index contributed by atoms with van der Waals surface area (Å²) in [5.74, 6) is -0.0314. The van der Waals surface area contributed by atoms with E-state index in [0.717, 1.165) is 18.5 Å². The molecule has 2 aromatic rings. The quantitative estimate of drug-likeness (QED) is 0.832. The van der Waals surface area contributed by atoms with Crippen LogP contribution >= 0.6 is 0 Å². The van der Waals surface area contributed by atoms with Crippen LogP contribution in [-0.4, -0.2) is 46.0 Å². The first-order chi connectivity index (χ1) is 10.1. The maximum absolute atomic E-state index is 12.5. The van der Waals surface area contributed by atoms with Gasteiger partial charge in [0.1, 0.15) is 4.90 Å². The molecule has 1 saturated heterocycles. The van der Waals surface area contributed by atoms with Crippen LogP contribution in [0, 0.1) is 0 Å². The molecule has 3 heterocycles. The van der Waals surface area contributed by atoms with Crippen molar-refractivity contribution in [3.05, 3.63) is 40.8 Å². The fourth-order valence-electron chi connectivity index (χ4n) is 2.56. The Balaban J connectivity index is 1.85. The highest BCUT2D eigenvalue weighted by molar-refractivity contribution is 7.89. The second-order valence-electron chi connectivity index (χ2n) is 4.97. The lowest BCUT2D eigenvalue weighted by Gasteiger charge is -2.31. The molecular weight excluding hydrogens is 294 g/mol. The van der Waals surface area contributed by atoms with Crippen LogP contribution in [0.1, 0.15) is 24.5 Å². The van der Waals surface area contributed by atoms with Gasteiger partial charge in [0, 0.05) is 37.1 Å². The van der Waals surface area contributed by atoms with Gasteiger partial charge in [-0.25, -0.2) is 18.2 Å². The van der Waals surface area contributed by atoms with Gasteiger partial charge in [0.15, 0.2) is 0 Å². The molecule has 0 spiro atoms. The van der Waals surface area contributed by atoms with E-state index in [1.807, 2.05) is 0 Å². The first kappa shape index (κ1) is 14.0. The van der Waals surface area contributed by atoms with Crippen molar-refractivity contribution in [3.63, 3.8) is 0 Å². The van der Waals surface area contributed by atoms with Crippen LogP contribution in [0.5, 0.6) is 0 Å². The largest absolute Gasteiger partial charge is 0.345 e. The summed E-state index contributed by atoms with van der Waals surface area (Å²) in [5, 5.41) is 6.20. The first-order valence-electron chi connectivity index (χ1n) is 6.61. The maximum Gasteiger partial charge on any atom is 0.345 e. The van der Waals surface area contributed by atoms with Crippen molar-refractivity contribution >= 4 is 10.0 Å². The average Bonchev–Trinajstić information content (AvgIpc) is 3.02. The minimum absolute atomic E-state index is 0.0314. The third kappa shape index (κ3) is 2.74. The fourth-order valence-corrected chi connectivity index (χ4v) is 4.00. The molecule has 2 aromatic heterocycles. The molecule has 1 atom stereocenters. The number of hydrogen-bond donors (Lipinski definition) is 2. The lowest BCUT2D eigenvalue weighted by molar-refractivity contribution is 0.312. The van der Waals surface area contributed by atoms with Gasteiger partial charge in [-0.3, -0.25) is 5.10 Å². The summed E-state index contributed by atoms with van der Waals surface area (Å²) in [5.41, 5.74) is 0.310. The molecule has 1 fully saturated rings. The Labute approximate surface area is 121 Å². The third-order valence-corrected chi connectivity index (χ3v) is 5.46. The zero-order valence-corrected chi connectivity index (χ0v) is 12.0. The Morgan fingerprint density at radius 3 is 2.95 bits per heavy atom. The lowest BCUT2D eigenvalue weighted by atomic mass is 9.96. The summed E-state index contributed by atoms with van der Waals surface area (Å²) < 4.78 is 26.4. The Hall–Kier alpha value is -2.00. The van der Waals surface area contributed by atoms with Gasteiger partial charge in [-0.15, -0.1) is 0 Å². The van der Waals surface area contributed by atoms with Crippen LogP contribution < -0.4 is 5.69 Å². The standard InChI is InChI=1S/C12H15N5O3S/c18-12-13-4-3-11(16-12)9-2-1-5-17(8-9)21(19,20)10-6-14-15-7-10/h3-4,6-7,9H,1-2,5,8H2,(H,14,15)(H,13,16,18)/t9-/m1/s1. The third-order valence-electron chi connectivity index (χ3n) is 3.63. The van der Waals surface area contributed by atoms with Gasteiger partial charge in [-0.05, 0) is 18.9 Å². The second kappa shape index (κ2) is 5.41. The number of nitrogens with zero attached hydrogens (tertiary/aromatic N) is 3. The summed E-state index contributed by atoms with van der Waals surface area (Å²) in [7, 11) is -3.54. The number of nitrogens with one attached hydrogen (secondary N) is 2. The molecule has 0 saturated carbocycles. The molecule has 2 N–H and O–H groups in total. The van der Waals surface area contributed by atoms with E-state index in [1.165, 1.54) is 22.9 Å². The Morgan fingerprint density at radius 1 is 1.38 bits per heavy atom. The molecule has 0 aliphatic carbocycles. The van der Waals surface area contributed by atoms with Gasteiger partial charge >= 0.3 is 5.69 Å². The van der Waals surface area contributed by atoms with Crippen LogP contribution in [0.25, 0.3) is 0 Å². The number of sulfonamides is 1. The number of piperidine rings is 1. The Kier molecular flexibility index (Phi) is 3.60. The zero-order valence-electron chi connectivity index (χ0n) is 11.2. The smallest absolute Gasteiger partial charge is 0.309 e. The van der Waals surface area contributed by atoms with Gasteiger partial charge in [0.05, 0.1) is 6.20 Å². The molecule has 0 aromatic carbocycles. The van der Waals surface area contributed by atoms with Crippen LogP contribution in [0.3, 0.4) is 0 Å². The summed E-state index contributed by atoms with van der Waals surface area (Å²) in [6, 6.07) is 1.72. The van der Waals surface area contributed by atoms with E-state index in [2.05, 4.69) is 20.2 Å². The van der Waals surface area contributed by atoms with E-state index in [1.54, 1.807) is 6.07 Å². The molecule has 1 aliphatic rings. The van der Waals surface area contributed by atoms with E-state index in [4.69, 9.17) is 0 Å². The van der Waals surface area contributed by atoms with Gasteiger partial charge < -0.3 is 4.98 Å². The summed E-state index contributed by atoms with van der Waals surface area (Å²) in [4.78, 5) is 17.7. The molecule has 0 unspecified atom stereocenters. The van der Waals surface area contributed by atoms with Crippen LogP contribution in [-0.2, 0) is 10.0 Å². The number of rotatable bonds is 3. The Bertz CT molecular complexity index is 768. The predicted molar refractivity (Wildman–Crippen MR) is 74.2 cm³/mol. The van der Waals surface area contributed by atoms with Gasteiger partial charge in [0.2, 0.25) is 10.0 Å². The average molecular weight is 309 g/mol. The van der Waals surface area contributed by atoms with Crippen LogP contribution in [0.4, 0.5) is 0 Å². The van der Waals surface area contributed by atoms with E-state index >= 15 is 0 Å².